The second kappa shape index (κ2) is 10.0. The third-order valence-corrected chi connectivity index (χ3v) is 7.86. The number of rotatable bonds is 7. The number of hydrogen-bond acceptors (Lipinski definition) is 5. The van der Waals surface area contributed by atoms with Crippen LogP contribution in [0.15, 0.2) is 66.7 Å². The summed E-state index contributed by atoms with van der Waals surface area (Å²) in [5.74, 6) is 1.34. The predicted molar refractivity (Wildman–Crippen MR) is 147 cm³/mol. The number of nitrogens with zero attached hydrogens (tertiary/aromatic N) is 2. The number of piperazine rings is 1. The molecule has 3 heterocycles. The zero-order chi connectivity index (χ0) is 27.1. The zero-order valence-electron chi connectivity index (χ0n) is 22.3. The maximum atomic E-state index is 14.0. The molecule has 0 saturated carbocycles. The van der Waals surface area contributed by atoms with Crippen LogP contribution in [-0.4, -0.2) is 67.1 Å². The molecule has 8 nitrogen and oxygen atoms in total. The SMILES string of the molecule is COc1cc([C@H]2c3[nH]c4ccccc4c3C[C@H]3C(=O)N(CCc4ccccc4)CC(=O)N23)cc(OC)c1OC. The van der Waals surface area contributed by atoms with Gasteiger partial charge in [-0.2, -0.15) is 0 Å². The van der Waals surface area contributed by atoms with Crippen LogP contribution in [0.25, 0.3) is 10.9 Å². The van der Waals surface area contributed by atoms with Gasteiger partial charge in [-0.1, -0.05) is 48.5 Å². The van der Waals surface area contributed by atoms with Crippen LogP contribution in [0, 0.1) is 0 Å². The van der Waals surface area contributed by atoms with Gasteiger partial charge in [0, 0.05) is 29.6 Å². The van der Waals surface area contributed by atoms with Gasteiger partial charge in [0.2, 0.25) is 17.6 Å². The van der Waals surface area contributed by atoms with Gasteiger partial charge in [-0.25, -0.2) is 0 Å². The van der Waals surface area contributed by atoms with Crippen molar-refractivity contribution in [1.82, 2.24) is 14.8 Å². The van der Waals surface area contributed by atoms with Crippen LogP contribution in [-0.2, 0) is 22.4 Å². The molecule has 39 heavy (non-hydrogen) atoms. The van der Waals surface area contributed by atoms with E-state index in [0.29, 0.717) is 36.6 Å². The number of methoxy groups -OCH3 is 3. The number of ether oxygens (including phenoxy) is 3. The second-order valence-corrected chi connectivity index (χ2v) is 9.94. The Hall–Kier alpha value is -4.46. The number of fused-ring (bicyclic) bond motifs is 4. The first-order valence-electron chi connectivity index (χ1n) is 13.1. The highest BCUT2D eigenvalue weighted by atomic mass is 16.5. The van der Waals surface area contributed by atoms with Crippen LogP contribution in [0.1, 0.15) is 28.4 Å². The van der Waals surface area contributed by atoms with Crippen molar-refractivity contribution in [2.75, 3.05) is 34.4 Å². The molecule has 0 aliphatic carbocycles. The van der Waals surface area contributed by atoms with E-state index in [0.717, 1.165) is 33.3 Å². The maximum absolute atomic E-state index is 14.0. The monoisotopic (exact) mass is 525 g/mol. The summed E-state index contributed by atoms with van der Waals surface area (Å²) >= 11 is 0. The third-order valence-electron chi connectivity index (χ3n) is 7.86. The fourth-order valence-electron chi connectivity index (χ4n) is 6.03. The van der Waals surface area contributed by atoms with Crippen molar-refractivity contribution >= 4 is 22.7 Å². The normalized spacial score (nSPS) is 18.6. The number of para-hydroxylation sites is 1. The third kappa shape index (κ3) is 4.16. The standard InChI is InChI=1S/C31H31N3O5/c1-37-25-15-20(16-26(38-2)30(25)39-3)29-28-22(21-11-7-8-12-23(21)32-28)17-24-31(36)33(18-27(35)34(24)29)14-13-19-9-5-4-6-10-19/h4-12,15-16,24,29,32H,13-14,17-18H2,1-3H3/t24-,29-/m0/s1. The average Bonchev–Trinajstić information content (AvgIpc) is 3.35. The van der Waals surface area contributed by atoms with Crippen molar-refractivity contribution in [3.63, 3.8) is 0 Å². The number of hydrogen-bond donors (Lipinski definition) is 1. The number of aromatic amines is 1. The number of carbonyl (C=O) groups is 2. The molecule has 0 radical (unpaired) electrons. The summed E-state index contributed by atoms with van der Waals surface area (Å²) in [6.07, 6.45) is 1.15. The lowest BCUT2D eigenvalue weighted by Crippen LogP contribution is -2.63. The summed E-state index contributed by atoms with van der Waals surface area (Å²) in [6.45, 7) is 0.535. The van der Waals surface area contributed by atoms with Crippen LogP contribution in [0.2, 0.25) is 0 Å². The highest BCUT2D eigenvalue weighted by molar-refractivity contribution is 5.97. The Morgan fingerprint density at radius 2 is 1.59 bits per heavy atom. The van der Waals surface area contributed by atoms with Gasteiger partial charge in [0.1, 0.15) is 6.04 Å². The zero-order valence-corrected chi connectivity index (χ0v) is 22.3. The van der Waals surface area contributed by atoms with E-state index in [1.807, 2.05) is 60.7 Å². The van der Waals surface area contributed by atoms with Crippen molar-refractivity contribution in [1.29, 1.82) is 0 Å². The van der Waals surface area contributed by atoms with Gasteiger partial charge in [-0.3, -0.25) is 9.59 Å². The van der Waals surface area contributed by atoms with E-state index in [-0.39, 0.29) is 18.4 Å². The largest absolute Gasteiger partial charge is 0.493 e. The summed E-state index contributed by atoms with van der Waals surface area (Å²) in [5.41, 5.74) is 4.84. The molecule has 2 amide bonds. The topological polar surface area (TPSA) is 84.1 Å². The van der Waals surface area contributed by atoms with Crippen molar-refractivity contribution < 1.29 is 23.8 Å². The van der Waals surface area contributed by atoms with Gasteiger partial charge in [-0.05, 0) is 41.3 Å². The summed E-state index contributed by atoms with van der Waals surface area (Å²) < 4.78 is 16.8. The molecule has 0 spiro atoms. The van der Waals surface area contributed by atoms with E-state index in [9.17, 15) is 9.59 Å². The molecule has 1 N–H and O–H groups in total. The summed E-state index contributed by atoms with van der Waals surface area (Å²) in [4.78, 5) is 34.9. The van der Waals surface area contributed by atoms with Gasteiger partial charge in [-0.15, -0.1) is 0 Å². The quantitative estimate of drug-likeness (QED) is 0.393. The molecular formula is C31H31N3O5. The van der Waals surface area contributed by atoms with Crippen LogP contribution >= 0.6 is 0 Å². The Kier molecular flexibility index (Phi) is 6.38. The number of nitrogens with one attached hydrogen (secondary N) is 1. The molecule has 2 aliphatic rings. The Balaban J connectivity index is 1.45. The number of carbonyl (C=O) groups excluding carboxylic acids is 2. The highest BCUT2D eigenvalue weighted by Gasteiger charge is 2.48. The highest BCUT2D eigenvalue weighted by Crippen LogP contribution is 2.47. The van der Waals surface area contributed by atoms with E-state index in [1.54, 1.807) is 31.1 Å². The molecule has 6 rings (SSSR count). The van der Waals surface area contributed by atoms with E-state index < -0.39 is 12.1 Å². The lowest BCUT2D eigenvalue weighted by Gasteiger charge is -2.47. The summed E-state index contributed by atoms with van der Waals surface area (Å²) in [7, 11) is 4.70. The van der Waals surface area contributed by atoms with Gasteiger partial charge < -0.3 is 29.0 Å². The second-order valence-electron chi connectivity index (χ2n) is 9.94. The molecule has 0 bridgehead atoms. The van der Waals surface area contributed by atoms with Gasteiger partial charge >= 0.3 is 0 Å². The number of amides is 2. The average molecular weight is 526 g/mol. The van der Waals surface area contributed by atoms with Gasteiger partial charge in [0.05, 0.1) is 33.9 Å². The lowest BCUT2D eigenvalue weighted by molar-refractivity contribution is -0.158. The van der Waals surface area contributed by atoms with E-state index in [1.165, 1.54) is 0 Å². The summed E-state index contributed by atoms with van der Waals surface area (Å²) in [6, 6.07) is 20.7. The lowest BCUT2D eigenvalue weighted by atomic mass is 9.86. The Labute approximate surface area is 227 Å². The fourth-order valence-corrected chi connectivity index (χ4v) is 6.03. The van der Waals surface area contributed by atoms with Crippen molar-refractivity contribution in [2.45, 2.75) is 24.9 Å². The minimum atomic E-state index is -0.613. The van der Waals surface area contributed by atoms with Crippen molar-refractivity contribution in [2.24, 2.45) is 0 Å². The minimum Gasteiger partial charge on any atom is -0.493 e. The number of benzene rings is 3. The molecule has 0 unspecified atom stereocenters. The number of H-pyrrole nitrogens is 1. The fraction of sp³-hybridized carbons (Fsp3) is 0.290. The van der Waals surface area contributed by atoms with E-state index in [4.69, 9.17) is 14.2 Å². The molecule has 1 aromatic heterocycles. The molecule has 4 aromatic rings. The van der Waals surface area contributed by atoms with Crippen LogP contribution < -0.4 is 14.2 Å². The predicted octanol–water partition coefficient (Wildman–Crippen LogP) is 4.12. The molecule has 2 aliphatic heterocycles. The van der Waals surface area contributed by atoms with E-state index in [2.05, 4.69) is 11.1 Å². The summed E-state index contributed by atoms with van der Waals surface area (Å²) in [5, 5.41) is 1.06. The Morgan fingerprint density at radius 3 is 2.28 bits per heavy atom. The van der Waals surface area contributed by atoms with E-state index >= 15 is 0 Å². The smallest absolute Gasteiger partial charge is 0.246 e. The molecule has 1 fully saturated rings. The molecule has 200 valence electrons. The molecule has 1 saturated heterocycles. The van der Waals surface area contributed by atoms with Crippen molar-refractivity contribution in [3.8, 4) is 17.2 Å². The van der Waals surface area contributed by atoms with Crippen LogP contribution in [0.3, 0.4) is 0 Å². The first kappa shape index (κ1) is 24.9. The van der Waals surface area contributed by atoms with Crippen LogP contribution in [0.4, 0.5) is 0 Å². The van der Waals surface area contributed by atoms with Gasteiger partial charge in [0.15, 0.2) is 11.5 Å². The molecule has 3 aromatic carbocycles. The Morgan fingerprint density at radius 1 is 0.897 bits per heavy atom. The Bertz CT molecular complexity index is 1520. The van der Waals surface area contributed by atoms with Crippen molar-refractivity contribution in [3.05, 3.63) is 89.1 Å². The first-order valence-corrected chi connectivity index (χ1v) is 13.1. The molecular weight excluding hydrogens is 494 g/mol. The maximum Gasteiger partial charge on any atom is 0.246 e. The molecule has 8 heteroatoms. The number of aromatic nitrogens is 1. The molecule has 2 atom stereocenters. The minimum absolute atomic E-state index is 0.0288. The first-order chi connectivity index (χ1) is 19.0. The van der Waals surface area contributed by atoms with Crippen LogP contribution in [0.5, 0.6) is 17.2 Å². The van der Waals surface area contributed by atoms with Gasteiger partial charge in [0.25, 0.3) is 0 Å².